The molecule has 0 radical (unpaired) electrons. The lowest BCUT2D eigenvalue weighted by atomic mass is 9.70. The lowest BCUT2D eigenvalue weighted by molar-refractivity contribution is -0.121. The molecule has 2 aliphatic carbocycles. The molecule has 0 bridgehead atoms. The number of nitrogens with one attached hydrogen (secondary N) is 2. The largest absolute Gasteiger partial charge is 0.353 e. The van der Waals surface area contributed by atoms with Crippen molar-refractivity contribution in [1.29, 1.82) is 0 Å². The van der Waals surface area contributed by atoms with Crippen LogP contribution < -0.4 is 10.6 Å². The summed E-state index contributed by atoms with van der Waals surface area (Å²) in [5.41, 5.74) is 0.471. The highest BCUT2D eigenvalue weighted by atomic mass is 16.1. The molecule has 110 valence electrons. The molecule has 2 fully saturated rings. The Morgan fingerprint density at radius 1 is 1.21 bits per heavy atom. The summed E-state index contributed by atoms with van der Waals surface area (Å²) in [5, 5.41) is 6.70. The van der Waals surface area contributed by atoms with Crippen molar-refractivity contribution >= 4 is 5.91 Å². The third-order valence-electron chi connectivity index (χ3n) is 4.34. The summed E-state index contributed by atoms with van der Waals surface area (Å²) < 4.78 is 0. The maximum atomic E-state index is 11.6. The van der Waals surface area contributed by atoms with Gasteiger partial charge in [0.15, 0.2) is 0 Å². The number of amides is 1. The van der Waals surface area contributed by atoms with Gasteiger partial charge < -0.3 is 10.6 Å². The summed E-state index contributed by atoms with van der Waals surface area (Å²) in [6.45, 7) is 8.09. The molecule has 19 heavy (non-hydrogen) atoms. The van der Waals surface area contributed by atoms with Crippen molar-refractivity contribution in [3.05, 3.63) is 0 Å². The molecule has 0 aromatic carbocycles. The molecule has 2 saturated carbocycles. The van der Waals surface area contributed by atoms with E-state index >= 15 is 0 Å². The maximum absolute atomic E-state index is 11.6. The minimum Gasteiger partial charge on any atom is -0.353 e. The number of rotatable bonds is 6. The van der Waals surface area contributed by atoms with Gasteiger partial charge in [-0.25, -0.2) is 0 Å². The van der Waals surface area contributed by atoms with Gasteiger partial charge in [-0.1, -0.05) is 20.8 Å². The molecular weight excluding hydrogens is 236 g/mol. The van der Waals surface area contributed by atoms with E-state index in [2.05, 4.69) is 31.4 Å². The summed E-state index contributed by atoms with van der Waals surface area (Å²) in [5.74, 6) is 1.06. The van der Waals surface area contributed by atoms with E-state index in [0.29, 0.717) is 23.9 Å². The van der Waals surface area contributed by atoms with Crippen molar-refractivity contribution in [2.45, 2.75) is 77.8 Å². The molecule has 2 rings (SSSR count). The molecule has 0 aromatic rings. The minimum atomic E-state index is 0.238. The average Bonchev–Trinajstić information content (AvgIpc) is 3.05. The smallest absolute Gasteiger partial charge is 0.220 e. The summed E-state index contributed by atoms with van der Waals surface area (Å²) >= 11 is 0. The normalized spacial score (nSPS) is 30.1. The summed E-state index contributed by atoms with van der Waals surface area (Å²) in [4.78, 5) is 11.6. The lowest BCUT2D eigenvalue weighted by Crippen LogP contribution is -2.40. The first-order valence-electron chi connectivity index (χ1n) is 7.97. The van der Waals surface area contributed by atoms with Crippen molar-refractivity contribution in [2.24, 2.45) is 11.3 Å². The zero-order valence-electron chi connectivity index (χ0n) is 12.8. The van der Waals surface area contributed by atoms with E-state index in [1.54, 1.807) is 0 Å². The molecule has 3 heteroatoms. The first-order chi connectivity index (χ1) is 8.94. The van der Waals surface area contributed by atoms with E-state index in [-0.39, 0.29) is 5.91 Å². The molecule has 2 atom stereocenters. The SMILES string of the molecule is CC1CC(NCCCC(=O)NC2CC2)CC(C)(C)C1. The summed E-state index contributed by atoms with van der Waals surface area (Å²) in [6.07, 6.45) is 7.90. The number of hydrogen-bond donors (Lipinski definition) is 2. The molecular formula is C16H30N2O. The molecule has 2 N–H and O–H groups in total. The molecule has 0 saturated heterocycles. The van der Waals surface area contributed by atoms with Gasteiger partial charge in [0.1, 0.15) is 0 Å². The molecule has 0 spiro atoms. The molecule has 2 unspecified atom stereocenters. The van der Waals surface area contributed by atoms with Crippen molar-refractivity contribution in [2.75, 3.05) is 6.54 Å². The maximum Gasteiger partial charge on any atom is 0.220 e. The third kappa shape index (κ3) is 5.52. The zero-order valence-corrected chi connectivity index (χ0v) is 12.8. The van der Waals surface area contributed by atoms with Crippen LogP contribution in [-0.4, -0.2) is 24.5 Å². The fourth-order valence-electron chi connectivity index (χ4n) is 3.58. The molecule has 1 amide bonds. The topological polar surface area (TPSA) is 41.1 Å². The van der Waals surface area contributed by atoms with Crippen molar-refractivity contribution in [1.82, 2.24) is 10.6 Å². The second-order valence-corrected chi connectivity index (χ2v) is 7.51. The van der Waals surface area contributed by atoms with E-state index in [1.165, 1.54) is 32.1 Å². The minimum absolute atomic E-state index is 0.238. The van der Waals surface area contributed by atoms with Crippen LogP contribution in [0.3, 0.4) is 0 Å². The number of carbonyl (C=O) groups is 1. The van der Waals surface area contributed by atoms with Crippen LogP contribution in [-0.2, 0) is 4.79 Å². The monoisotopic (exact) mass is 266 g/mol. The van der Waals surface area contributed by atoms with Gasteiger partial charge >= 0.3 is 0 Å². The van der Waals surface area contributed by atoms with E-state index in [4.69, 9.17) is 0 Å². The standard InChI is InChI=1S/C16H30N2O/c1-12-9-14(11-16(2,3)10-12)17-8-4-5-15(19)18-13-6-7-13/h12-14,17H,4-11H2,1-3H3,(H,18,19). The number of carbonyl (C=O) groups excluding carboxylic acids is 1. The van der Waals surface area contributed by atoms with Crippen LogP contribution >= 0.6 is 0 Å². The molecule has 2 aliphatic rings. The molecule has 3 nitrogen and oxygen atoms in total. The molecule has 0 aromatic heterocycles. The van der Waals surface area contributed by atoms with Crippen LogP contribution in [0.1, 0.15) is 65.7 Å². The van der Waals surface area contributed by atoms with Crippen molar-refractivity contribution in [3.8, 4) is 0 Å². The van der Waals surface area contributed by atoms with Crippen LogP contribution in [0.2, 0.25) is 0 Å². The highest BCUT2D eigenvalue weighted by Gasteiger charge is 2.31. The van der Waals surface area contributed by atoms with E-state index in [0.717, 1.165) is 18.9 Å². The summed E-state index contributed by atoms with van der Waals surface area (Å²) in [6, 6.07) is 1.14. The van der Waals surface area contributed by atoms with Gasteiger partial charge in [-0.3, -0.25) is 4.79 Å². The second kappa shape index (κ2) is 6.25. The first-order valence-corrected chi connectivity index (χ1v) is 7.97. The Balaban J connectivity index is 1.58. The van der Waals surface area contributed by atoms with E-state index in [9.17, 15) is 4.79 Å². The predicted molar refractivity (Wildman–Crippen MR) is 79.0 cm³/mol. The Bertz CT molecular complexity index is 310. The van der Waals surface area contributed by atoms with Crippen LogP contribution in [0.5, 0.6) is 0 Å². The van der Waals surface area contributed by atoms with E-state index < -0.39 is 0 Å². The highest BCUT2D eigenvalue weighted by molar-refractivity contribution is 5.76. The number of hydrogen-bond acceptors (Lipinski definition) is 2. The average molecular weight is 266 g/mol. The summed E-state index contributed by atoms with van der Waals surface area (Å²) in [7, 11) is 0. The van der Waals surface area contributed by atoms with Gasteiger partial charge in [0.05, 0.1) is 0 Å². The van der Waals surface area contributed by atoms with Crippen LogP contribution in [0, 0.1) is 11.3 Å². The van der Waals surface area contributed by atoms with Crippen molar-refractivity contribution < 1.29 is 4.79 Å². The Labute approximate surface area is 117 Å². The van der Waals surface area contributed by atoms with Crippen LogP contribution in [0.15, 0.2) is 0 Å². The van der Waals surface area contributed by atoms with Gasteiger partial charge in [-0.05, 0) is 56.4 Å². The Morgan fingerprint density at radius 2 is 1.95 bits per heavy atom. The fraction of sp³-hybridized carbons (Fsp3) is 0.938. The third-order valence-corrected chi connectivity index (χ3v) is 4.34. The van der Waals surface area contributed by atoms with Gasteiger partial charge in [-0.2, -0.15) is 0 Å². The van der Waals surface area contributed by atoms with Gasteiger partial charge in [0.2, 0.25) is 5.91 Å². The van der Waals surface area contributed by atoms with Gasteiger partial charge in [0.25, 0.3) is 0 Å². The van der Waals surface area contributed by atoms with Crippen molar-refractivity contribution in [3.63, 3.8) is 0 Å². The lowest BCUT2D eigenvalue weighted by Gasteiger charge is -2.39. The fourth-order valence-corrected chi connectivity index (χ4v) is 3.58. The quantitative estimate of drug-likeness (QED) is 0.726. The highest BCUT2D eigenvalue weighted by Crippen LogP contribution is 2.38. The Kier molecular flexibility index (Phi) is 4.88. The second-order valence-electron chi connectivity index (χ2n) is 7.51. The van der Waals surface area contributed by atoms with Crippen LogP contribution in [0.25, 0.3) is 0 Å². The molecule has 0 aliphatic heterocycles. The zero-order chi connectivity index (χ0) is 13.9. The Morgan fingerprint density at radius 3 is 2.58 bits per heavy atom. The molecule has 0 heterocycles. The van der Waals surface area contributed by atoms with Crippen LogP contribution in [0.4, 0.5) is 0 Å². The predicted octanol–water partition coefficient (Wildman–Crippen LogP) is 2.85. The van der Waals surface area contributed by atoms with E-state index in [1.807, 2.05) is 0 Å². The Hall–Kier alpha value is -0.570. The van der Waals surface area contributed by atoms with Gasteiger partial charge in [0, 0.05) is 18.5 Å². The first kappa shape index (κ1) is 14.8. The van der Waals surface area contributed by atoms with Gasteiger partial charge in [-0.15, -0.1) is 0 Å².